The number of rotatable bonds is 11. The third kappa shape index (κ3) is 8.84. The van der Waals surface area contributed by atoms with E-state index in [1.54, 1.807) is 6.92 Å². The van der Waals surface area contributed by atoms with Crippen LogP contribution in [-0.2, 0) is 16.1 Å². The average molecular weight is 747 g/mol. The van der Waals surface area contributed by atoms with E-state index in [4.69, 9.17) is 10.7 Å². The predicted octanol–water partition coefficient (Wildman–Crippen LogP) is 7.82. The normalized spacial score (nSPS) is 18.0. The quantitative estimate of drug-likeness (QED) is 0.0619. The Morgan fingerprint density at radius 1 is 1.04 bits per heavy atom. The fraction of sp³-hybridized carbons (Fsp3) is 0.455. The number of nitrogens with zero attached hydrogens (tertiary/aromatic N) is 5. The molecule has 7 rings (SSSR count). The number of hydrogen-bond donors (Lipinski definition) is 3. The number of pyridine rings is 1. The summed E-state index contributed by atoms with van der Waals surface area (Å²) < 4.78 is 15.9. The lowest BCUT2D eigenvalue weighted by Crippen LogP contribution is -2.41. The molecule has 2 aromatic carbocycles. The van der Waals surface area contributed by atoms with Crippen molar-refractivity contribution in [3.63, 3.8) is 0 Å². The number of benzene rings is 2. The van der Waals surface area contributed by atoms with Crippen LogP contribution in [0.2, 0.25) is 0 Å². The summed E-state index contributed by atoms with van der Waals surface area (Å²) >= 11 is 0. The van der Waals surface area contributed by atoms with Gasteiger partial charge in [-0.15, -0.1) is 0 Å². The lowest BCUT2D eigenvalue weighted by Gasteiger charge is -2.39. The van der Waals surface area contributed by atoms with Crippen molar-refractivity contribution >= 4 is 23.3 Å². The molecule has 3 aliphatic rings. The number of likely N-dealkylation sites (tertiary alicyclic amines) is 2. The summed E-state index contributed by atoms with van der Waals surface area (Å²) in [6, 6.07) is 14.8. The predicted molar refractivity (Wildman–Crippen MR) is 218 cm³/mol. The van der Waals surface area contributed by atoms with Crippen molar-refractivity contribution in [2.45, 2.75) is 78.6 Å². The molecule has 2 saturated heterocycles. The van der Waals surface area contributed by atoms with Crippen LogP contribution in [-0.4, -0.2) is 76.6 Å². The molecule has 11 heteroatoms. The molecule has 55 heavy (non-hydrogen) atoms. The van der Waals surface area contributed by atoms with Crippen molar-refractivity contribution in [3.05, 3.63) is 94.7 Å². The van der Waals surface area contributed by atoms with E-state index in [1.165, 1.54) is 43.5 Å². The van der Waals surface area contributed by atoms with Crippen molar-refractivity contribution in [1.29, 1.82) is 0 Å². The number of carbonyl (C=O) groups is 1. The van der Waals surface area contributed by atoms with Gasteiger partial charge in [0.25, 0.3) is 0 Å². The standard InChI is InChI=1S/C44H55FN8O2/c1-29-31(15-20-47-43(55-46)44(2,3)4)9-14-38(40(29)45)41-39-25-35(26-48-42(39)51-50-41)33-7-5-32(6-8-33)34-18-21-52(22-19-34)27-30-16-23-53(24-17-30)37-12-10-36(11-13-37)49-28-54/h5-10,12,14,25-26,28,30,34H,11,13,15-24,27,46H2,1-4H3,(H,49,54)(H,48,50,51). The van der Waals surface area contributed by atoms with Gasteiger partial charge >= 0.3 is 0 Å². The first-order valence-electron chi connectivity index (χ1n) is 19.8. The van der Waals surface area contributed by atoms with Crippen LogP contribution >= 0.6 is 0 Å². The highest BCUT2D eigenvalue weighted by Crippen LogP contribution is 2.35. The molecule has 1 amide bonds. The van der Waals surface area contributed by atoms with Crippen molar-refractivity contribution in [2.24, 2.45) is 22.2 Å². The Morgan fingerprint density at radius 3 is 2.47 bits per heavy atom. The van der Waals surface area contributed by atoms with Gasteiger partial charge < -0.3 is 20.0 Å². The SMILES string of the molecule is Cc1c(CCN=C(ON)C(C)(C)C)ccc(-c2[nH]nc3ncc(-c4ccc(C5CCN(CC6CCN(C7=CC=C(NC=O)CC7)CC6)CC5)cc4)cc23)c1F. The topological polar surface area (TPSA) is 125 Å². The maximum atomic E-state index is 15.9. The number of halogens is 1. The lowest BCUT2D eigenvalue weighted by molar-refractivity contribution is -0.109. The number of nitrogens with two attached hydrogens (primary N) is 1. The number of aromatic amines is 1. The van der Waals surface area contributed by atoms with Gasteiger partial charge in [0.1, 0.15) is 5.82 Å². The van der Waals surface area contributed by atoms with Gasteiger partial charge in [-0.05, 0) is 123 Å². The molecule has 0 bridgehead atoms. The maximum absolute atomic E-state index is 15.9. The molecule has 4 heterocycles. The highest BCUT2D eigenvalue weighted by Gasteiger charge is 2.27. The highest BCUT2D eigenvalue weighted by atomic mass is 19.1. The third-order valence-electron chi connectivity index (χ3n) is 11.8. The molecule has 0 spiro atoms. The number of nitrogens with one attached hydrogen (secondary N) is 2. The van der Waals surface area contributed by atoms with Gasteiger partial charge in [-0.3, -0.25) is 14.9 Å². The van der Waals surface area contributed by atoms with Crippen LogP contribution in [0.1, 0.15) is 81.9 Å². The summed E-state index contributed by atoms with van der Waals surface area (Å²) in [7, 11) is 0. The Balaban J connectivity index is 0.940. The van der Waals surface area contributed by atoms with Crippen LogP contribution in [0.15, 0.2) is 77.2 Å². The van der Waals surface area contributed by atoms with Crippen LogP contribution in [0, 0.1) is 24.1 Å². The van der Waals surface area contributed by atoms with Crippen LogP contribution in [0.3, 0.4) is 0 Å². The zero-order valence-corrected chi connectivity index (χ0v) is 32.7. The third-order valence-corrected chi connectivity index (χ3v) is 11.8. The van der Waals surface area contributed by atoms with Gasteiger partial charge in [-0.1, -0.05) is 51.1 Å². The summed E-state index contributed by atoms with van der Waals surface area (Å²) in [6.07, 6.45) is 14.2. The number of allylic oxidation sites excluding steroid dienone is 4. The van der Waals surface area contributed by atoms with Crippen molar-refractivity contribution in [3.8, 4) is 22.4 Å². The number of fused-ring (bicyclic) bond motifs is 1. The second-order valence-corrected chi connectivity index (χ2v) is 16.4. The van der Waals surface area contributed by atoms with Crippen molar-refractivity contribution in [1.82, 2.24) is 30.3 Å². The van der Waals surface area contributed by atoms with Crippen molar-refractivity contribution in [2.75, 3.05) is 39.3 Å². The Bertz CT molecular complexity index is 2060. The first kappa shape index (κ1) is 38.4. The smallest absolute Gasteiger partial charge is 0.214 e. The average Bonchev–Trinajstić information content (AvgIpc) is 3.62. The van der Waals surface area contributed by atoms with E-state index in [1.807, 2.05) is 39.1 Å². The fourth-order valence-electron chi connectivity index (χ4n) is 8.43. The molecule has 0 saturated carbocycles. The van der Waals surface area contributed by atoms with Gasteiger partial charge in [-0.2, -0.15) is 11.0 Å². The number of aliphatic imine (C=N–C) groups is 1. The molecular weight excluding hydrogens is 692 g/mol. The Morgan fingerprint density at radius 2 is 1.80 bits per heavy atom. The summed E-state index contributed by atoms with van der Waals surface area (Å²) in [5, 5.41) is 11.0. The molecule has 2 fully saturated rings. The number of aromatic nitrogens is 3. The van der Waals surface area contributed by atoms with E-state index in [-0.39, 0.29) is 11.2 Å². The second kappa shape index (κ2) is 16.9. The molecule has 4 aromatic rings. The Labute approximate surface area is 324 Å². The number of H-pyrrole nitrogens is 1. The molecule has 0 atom stereocenters. The molecular formula is C44H55FN8O2. The summed E-state index contributed by atoms with van der Waals surface area (Å²) in [5.41, 5.74) is 8.68. The lowest BCUT2D eigenvalue weighted by atomic mass is 9.87. The van der Waals surface area contributed by atoms with E-state index in [0.29, 0.717) is 47.2 Å². The summed E-state index contributed by atoms with van der Waals surface area (Å²) in [6.45, 7) is 14.0. The first-order valence-corrected chi connectivity index (χ1v) is 19.8. The molecule has 0 unspecified atom stereocenters. The van der Waals surface area contributed by atoms with Crippen molar-refractivity contribution < 1.29 is 14.0 Å². The van der Waals surface area contributed by atoms with Gasteiger partial charge in [-0.25, -0.2) is 9.37 Å². The Hall–Kier alpha value is -4.87. The van der Waals surface area contributed by atoms with Gasteiger partial charge in [0.15, 0.2) is 5.65 Å². The fourth-order valence-corrected chi connectivity index (χ4v) is 8.43. The van der Waals surface area contributed by atoms with E-state index < -0.39 is 0 Å². The van der Waals surface area contributed by atoms with Gasteiger partial charge in [0.05, 0.1) is 5.69 Å². The number of carbonyl (C=O) groups excluding carboxylic acids is 1. The molecule has 290 valence electrons. The minimum atomic E-state index is -0.302. The maximum Gasteiger partial charge on any atom is 0.214 e. The number of amides is 1. The summed E-state index contributed by atoms with van der Waals surface area (Å²) in [5.74, 6) is 6.95. The zero-order valence-electron chi connectivity index (χ0n) is 32.7. The molecule has 10 nitrogen and oxygen atoms in total. The van der Waals surface area contributed by atoms with E-state index in [9.17, 15) is 4.79 Å². The highest BCUT2D eigenvalue weighted by molar-refractivity contribution is 5.93. The van der Waals surface area contributed by atoms with Crippen LogP contribution in [0.4, 0.5) is 4.39 Å². The monoisotopic (exact) mass is 746 g/mol. The first-order chi connectivity index (χ1) is 26.6. The second-order valence-electron chi connectivity index (χ2n) is 16.4. The molecule has 2 aromatic heterocycles. The molecule has 1 aliphatic carbocycles. The minimum absolute atomic E-state index is 0.278. The van der Waals surface area contributed by atoms with Crippen LogP contribution < -0.4 is 11.2 Å². The molecule has 2 aliphatic heterocycles. The minimum Gasteiger partial charge on any atom is -0.396 e. The van der Waals surface area contributed by atoms with Gasteiger partial charge in [0.2, 0.25) is 12.3 Å². The Kier molecular flexibility index (Phi) is 11.8. The molecule has 0 radical (unpaired) electrons. The van der Waals surface area contributed by atoms with E-state index in [0.717, 1.165) is 79.1 Å². The van der Waals surface area contributed by atoms with Gasteiger partial charge in [0, 0.05) is 65.7 Å². The van der Waals surface area contributed by atoms with Crippen LogP contribution in [0.5, 0.6) is 0 Å². The number of piperidine rings is 2. The van der Waals surface area contributed by atoms with E-state index in [2.05, 4.69) is 77.8 Å². The summed E-state index contributed by atoms with van der Waals surface area (Å²) in [4.78, 5) is 30.1. The number of hydrogen-bond acceptors (Lipinski definition) is 8. The van der Waals surface area contributed by atoms with E-state index >= 15 is 4.39 Å². The zero-order chi connectivity index (χ0) is 38.5. The van der Waals surface area contributed by atoms with Crippen LogP contribution in [0.25, 0.3) is 33.4 Å². The molecule has 4 N–H and O–H groups in total. The largest absolute Gasteiger partial charge is 0.396 e.